The first-order valence-electron chi connectivity index (χ1n) is 21.6. The summed E-state index contributed by atoms with van der Waals surface area (Å²) in [6.45, 7) is 0. The zero-order valence-electron chi connectivity index (χ0n) is 35.0. The number of anilines is 6. The van der Waals surface area contributed by atoms with Crippen LogP contribution in [0.1, 0.15) is 0 Å². The Bertz CT molecular complexity index is 3140. The van der Waals surface area contributed by atoms with Crippen LogP contribution in [0.4, 0.5) is 34.1 Å². The third-order valence-electron chi connectivity index (χ3n) is 12.0. The Hall–Kier alpha value is -8.60. The van der Waals surface area contributed by atoms with Crippen LogP contribution in [-0.4, -0.2) is 9.97 Å². The van der Waals surface area contributed by atoms with Gasteiger partial charge in [0.15, 0.2) is 0 Å². The number of nitrogens with zero attached hydrogens (tertiary/aromatic N) is 4. The molecular formula is C60H42N4. The predicted octanol–water partition coefficient (Wildman–Crippen LogP) is 16.4. The number of fused-ring (bicyclic) bond motifs is 2. The quantitative estimate of drug-likeness (QED) is 0.138. The van der Waals surface area contributed by atoms with Gasteiger partial charge in [-0.15, -0.1) is 0 Å². The molecule has 0 unspecified atom stereocenters. The highest BCUT2D eigenvalue weighted by atomic mass is 15.2. The lowest BCUT2D eigenvalue weighted by atomic mass is 9.99. The second-order valence-corrected chi connectivity index (χ2v) is 16.0. The maximum atomic E-state index is 4.66. The lowest BCUT2D eigenvalue weighted by molar-refractivity contribution is 1.25. The van der Waals surface area contributed by atoms with Crippen molar-refractivity contribution in [3.63, 3.8) is 0 Å². The Morgan fingerprint density at radius 1 is 0.203 bits per heavy atom. The first kappa shape index (κ1) is 38.3. The minimum Gasteiger partial charge on any atom is -0.311 e. The molecule has 2 aromatic heterocycles. The summed E-state index contributed by atoms with van der Waals surface area (Å²) in [5, 5.41) is 4.91. The van der Waals surface area contributed by atoms with Crippen molar-refractivity contribution >= 4 is 55.7 Å². The summed E-state index contributed by atoms with van der Waals surface area (Å²) >= 11 is 0. The Balaban J connectivity index is 0.884. The van der Waals surface area contributed by atoms with E-state index in [-0.39, 0.29) is 0 Å². The molecule has 0 aliphatic carbocycles. The summed E-state index contributed by atoms with van der Waals surface area (Å²) in [6, 6.07) is 82.1. The number of para-hydroxylation sites is 2. The van der Waals surface area contributed by atoms with Gasteiger partial charge in [0.2, 0.25) is 0 Å². The van der Waals surface area contributed by atoms with E-state index in [1.807, 2.05) is 24.8 Å². The van der Waals surface area contributed by atoms with E-state index >= 15 is 0 Å². The third-order valence-corrected chi connectivity index (χ3v) is 12.0. The molecule has 0 bridgehead atoms. The molecular weight excluding hydrogens is 777 g/mol. The monoisotopic (exact) mass is 818 g/mol. The van der Waals surface area contributed by atoms with E-state index < -0.39 is 0 Å². The van der Waals surface area contributed by atoms with Gasteiger partial charge in [0.1, 0.15) is 0 Å². The Kier molecular flexibility index (Phi) is 10.2. The Morgan fingerprint density at radius 2 is 0.484 bits per heavy atom. The Morgan fingerprint density at radius 3 is 0.859 bits per heavy atom. The molecule has 0 saturated carbocycles. The molecule has 0 N–H and O–H groups in total. The second kappa shape index (κ2) is 17.0. The van der Waals surface area contributed by atoms with E-state index in [1.165, 1.54) is 21.5 Å². The highest BCUT2D eigenvalue weighted by molar-refractivity contribution is 5.90. The summed E-state index contributed by atoms with van der Waals surface area (Å²) in [4.78, 5) is 13.9. The van der Waals surface area contributed by atoms with Gasteiger partial charge in [-0.3, -0.25) is 9.97 Å². The fourth-order valence-corrected chi connectivity index (χ4v) is 8.65. The summed E-state index contributed by atoms with van der Waals surface area (Å²) in [5.41, 5.74) is 15.3. The van der Waals surface area contributed by atoms with Crippen LogP contribution in [0.15, 0.2) is 255 Å². The smallest absolute Gasteiger partial charge is 0.0463 e. The molecule has 11 rings (SSSR count). The average molecular weight is 819 g/mol. The molecule has 0 amide bonds. The van der Waals surface area contributed by atoms with Crippen molar-refractivity contribution in [2.45, 2.75) is 0 Å². The normalized spacial score (nSPS) is 11.1. The molecule has 11 aromatic rings. The predicted molar refractivity (Wildman–Crippen MR) is 268 cm³/mol. The standard InChI is InChI=1S/C60H42N4/c1-3-15-55(16-4-1)63(57-27-23-45(24-28-57)51-37-53(41-61-39-51)49-21-19-43-11-7-9-13-47(43)35-49)59-31-33-60(34-32-59)64(56-17-5-2-6-18-56)58-29-25-46(26-30-58)52-38-54(42-62-40-52)50-22-20-44-12-8-10-14-48(44)36-50/h1-42H. The van der Waals surface area contributed by atoms with Gasteiger partial charge in [0, 0.05) is 81.2 Å². The van der Waals surface area contributed by atoms with Crippen molar-refractivity contribution < 1.29 is 0 Å². The zero-order valence-corrected chi connectivity index (χ0v) is 35.0. The summed E-state index contributed by atoms with van der Waals surface area (Å²) in [7, 11) is 0. The minimum atomic E-state index is 1.06. The number of benzene rings is 9. The van der Waals surface area contributed by atoms with Crippen LogP contribution in [0.5, 0.6) is 0 Å². The van der Waals surface area contributed by atoms with E-state index in [0.717, 1.165) is 78.6 Å². The largest absolute Gasteiger partial charge is 0.311 e. The number of hydrogen-bond donors (Lipinski definition) is 0. The van der Waals surface area contributed by atoms with Gasteiger partial charge in [0.25, 0.3) is 0 Å². The van der Waals surface area contributed by atoms with E-state index in [9.17, 15) is 0 Å². The maximum absolute atomic E-state index is 4.66. The van der Waals surface area contributed by atoms with E-state index in [4.69, 9.17) is 0 Å². The molecule has 0 spiro atoms. The molecule has 4 nitrogen and oxygen atoms in total. The second-order valence-electron chi connectivity index (χ2n) is 16.0. The fraction of sp³-hybridized carbons (Fsp3) is 0. The van der Waals surface area contributed by atoms with Crippen molar-refractivity contribution in [2.24, 2.45) is 0 Å². The van der Waals surface area contributed by atoms with Gasteiger partial charge in [-0.05, 0) is 141 Å². The van der Waals surface area contributed by atoms with Crippen molar-refractivity contribution in [3.8, 4) is 44.5 Å². The van der Waals surface area contributed by atoms with Crippen LogP contribution in [0.2, 0.25) is 0 Å². The third kappa shape index (κ3) is 7.77. The van der Waals surface area contributed by atoms with Crippen LogP contribution < -0.4 is 9.80 Å². The van der Waals surface area contributed by atoms with E-state index in [1.54, 1.807) is 0 Å². The molecule has 0 radical (unpaired) electrons. The van der Waals surface area contributed by atoms with Crippen LogP contribution in [0.25, 0.3) is 66.1 Å². The van der Waals surface area contributed by atoms with Gasteiger partial charge in [0.05, 0.1) is 0 Å². The fourth-order valence-electron chi connectivity index (χ4n) is 8.65. The van der Waals surface area contributed by atoms with Crippen LogP contribution in [0, 0.1) is 0 Å². The van der Waals surface area contributed by atoms with Crippen LogP contribution in [0.3, 0.4) is 0 Å². The number of aromatic nitrogens is 2. The molecule has 302 valence electrons. The van der Waals surface area contributed by atoms with E-state index in [2.05, 4.69) is 250 Å². The topological polar surface area (TPSA) is 32.3 Å². The highest BCUT2D eigenvalue weighted by Crippen LogP contribution is 2.40. The summed E-state index contributed by atoms with van der Waals surface area (Å²) in [5.74, 6) is 0. The molecule has 4 heteroatoms. The number of hydrogen-bond acceptors (Lipinski definition) is 4. The van der Waals surface area contributed by atoms with Gasteiger partial charge < -0.3 is 9.80 Å². The molecule has 0 saturated heterocycles. The molecule has 0 aliphatic heterocycles. The minimum absolute atomic E-state index is 1.06. The van der Waals surface area contributed by atoms with Crippen molar-refractivity contribution in [3.05, 3.63) is 255 Å². The van der Waals surface area contributed by atoms with Crippen molar-refractivity contribution in [1.82, 2.24) is 9.97 Å². The van der Waals surface area contributed by atoms with Crippen LogP contribution >= 0.6 is 0 Å². The van der Waals surface area contributed by atoms with Crippen molar-refractivity contribution in [2.75, 3.05) is 9.80 Å². The van der Waals surface area contributed by atoms with Crippen molar-refractivity contribution in [1.29, 1.82) is 0 Å². The molecule has 9 aromatic carbocycles. The molecule has 0 fully saturated rings. The highest BCUT2D eigenvalue weighted by Gasteiger charge is 2.17. The molecule has 64 heavy (non-hydrogen) atoms. The lowest BCUT2D eigenvalue weighted by Gasteiger charge is -2.28. The molecule has 0 aliphatic rings. The molecule has 0 atom stereocenters. The van der Waals surface area contributed by atoms with Gasteiger partial charge in [-0.2, -0.15) is 0 Å². The van der Waals surface area contributed by atoms with Crippen LogP contribution in [-0.2, 0) is 0 Å². The SMILES string of the molecule is c1ccc(N(c2ccc(-c3cncc(-c4ccc5ccccc5c4)c3)cc2)c2ccc(N(c3ccccc3)c3ccc(-c4cncc(-c5ccc6ccccc6c5)c4)cc3)cc2)cc1. The first-order chi connectivity index (χ1) is 31.7. The molecule has 2 heterocycles. The summed E-state index contributed by atoms with van der Waals surface area (Å²) < 4.78 is 0. The maximum Gasteiger partial charge on any atom is 0.0463 e. The Labute approximate surface area is 373 Å². The van der Waals surface area contributed by atoms with Gasteiger partial charge >= 0.3 is 0 Å². The average Bonchev–Trinajstić information content (AvgIpc) is 3.38. The zero-order chi connectivity index (χ0) is 42.7. The summed E-state index contributed by atoms with van der Waals surface area (Å²) in [6.07, 6.45) is 7.78. The number of rotatable bonds is 10. The number of pyridine rings is 2. The first-order valence-corrected chi connectivity index (χ1v) is 21.6. The lowest BCUT2D eigenvalue weighted by Crippen LogP contribution is -2.12. The van der Waals surface area contributed by atoms with Gasteiger partial charge in [-0.25, -0.2) is 0 Å². The van der Waals surface area contributed by atoms with Gasteiger partial charge in [-0.1, -0.05) is 133 Å². The van der Waals surface area contributed by atoms with E-state index in [0.29, 0.717) is 0 Å².